The van der Waals surface area contributed by atoms with Gasteiger partial charge in [-0.05, 0) is 33.2 Å². The molecule has 4 heteroatoms. The molecule has 1 N–H and O–H groups in total. The fraction of sp³-hybridized carbons (Fsp3) is 0.909. The van der Waals surface area contributed by atoms with Crippen LogP contribution in [0, 0.1) is 0 Å². The largest absolute Gasteiger partial charge is 0.339 e. The van der Waals surface area contributed by atoms with Crippen LogP contribution in [0.3, 0.4) is 0 Å². The third kappa shape index (κ3) is 2.67. The average Bonchev–Trinajstić information content (AvgIpc) is 2.67. The van der Waals surface area contributed by atoms with E-state index in [1.54, 1.807) is 0 Å². The second kappa shape index (κ2) is 4.34. The van der Waals surface area contributed by atoms with E-state index in [0.717, 1.165) is 38.2 Å². The number of hydrogen-bond acceptors (Lipinski definition) is 3. The number of carbonyl (C=O) groups excluding carboxylic acids is 1. The molecular weight excluding hydrogens is 208 g/mol. The summed E-state index contributed by atoms with van der Waals surface area (Å²) in [5, 5.41) is 3.28. The van der Waals surface area contributed by atoms with Gasteiger partial charge in [0, 0.05) is 23.6 Å². The summed E-state index contributed by atoms with van der Waals surface area (Å²) in [6.45, 7) is 7.26. The van der Waals surface area contributed by atoms with Gasteiger partial charge in [-0.15, -0.1) is 0 Å². The number of nitrogens with one attached hydrogen (secondary N) is 1. The van der Waals surface area contributed by atoms with Gasteiger partial charge in [-0.2, -0.15) is 11.8 Å². The molecule has 0 saturated carbocycles. The number of nitrogens with zero attached hydrogens (tertiary/aromatic N) is 1. The lowest BCUT2D eigenvalue weighted by Crippen LogP contribution is -2.51. The van der Waals surface area contributed by atoms with Crippen LogP contribution in [0.25, 0.3) is 0 Å². The first kappa shape index (κ1) is 11.3. The van der Waals surface area contributed by atoms with Gasteiger partial charge in [0.1, 0.15) is 0 Å². The monoisotopic (exact) mass is 228 g/mol. The lowest BCUT2D eigenvalue weighted by atomic mass is 10.1. The maximum absolute atomic E-state index is 12.1. The molecular formula is C11H20N2OS. The molecule has 2 aliphatic heterocycles. The van der Waals surface area contributed by atoms with Gasteiger partial charge in [-0.3, -0.25) is 4.79 Å². The second-order valence-electron chi connectivity index (χ2n) is 5.02. The predicted molar refractivity (Wildman–Crippen MR) is 64.1 cm³/mol. The minimum absolute atomic E-state index is 0.101. The highest BCUT2D eigenvalue weighted by atomic mass is 32.2. The molecule has 0 radical (unpaired) electrons. The standard InChI is InChI=1S/C11H20N2OS/c1-11(2)8-13(6-7-15-11)10(14)9-4-3-5-12-9/h9,12H,3-8H2,1-2H3/t9-/m1/s1. The van der Waals surface area contributed by atoms with Crippen LogP contribution in [-0.4, -0.2) is 47.0 Å². The van der Waals surface area contributed by atoms with Gasteiger partial charge in [-0.25, -0.2) is 0 Å². The van der Waals surface area contributed by atoms with Crippen LogP contribution in [-0.2, 0) is 4.79 Å². The molecule has 2 heterocycles. The third-order valence-electron chi connectivity index (χ3n) is 3.10. The van der Waals surface area contributed by atoms with Gasteiger partial charge in [0.15, 0.2) is 0 Å². The van der Waals surface area contributed by atoms with Crippen LogP contribution in [0.5, 0.6) is 0 Å². The van der Waals surface area contributed by atoms with E-state index in [4.69, 9.17) is 0 Å². The number of amides is 1. The molecule has 1 amide bonds. The Morgan fingerprint density at radius 1 is 1.53 bits per heavy atom. The summed E-state index contributed by atoms with van der Waals surface area (Å²) in [5.74, 6) is 1.40. The SMILES string of the molecule is CC1(C)CN(C(=O)[C@H]2CCCN2)CCS1. The van der Waals surface area contributed by atoms with E-state index >= 15 is 0 Å². The highest BCUT2D eigenvalue weighted by Gasteiger charge is 2.33. The zero-order valence-electron chi connectivity index (χ0n) is 9.58. The third-order valence-corrected chi connectivity index (χ3v) is 4.39. The van der Waals surface area contributed by atoms with Crippen molar-refractivity contribution in [1.29, 1.82) is 0 Å². The molecule has 3 nitrogen and oxygen atoms in total. The van der Waals surface area contributed by atoms with Crippen molar-refractivity contribution in [1.82, 2.24) is 10.2 Å². The Balaban J connectivity index is 1.94. The van der Waals surface area contributed by atoms with Crippen LogP contribution in [0.15, 0.2) is 0 Å². The van der Waals surface area contributed by atoms with Crippen LogP contribution in [0.1, 0.15) is 26.7 Å². The van der Waals surface area contributed by atoms with Gasteiger partial charge >= 0.3 is 0 Å². The second-order valence-corrected chi connectivity index (χ2v) is 6.82. The van der Waals surface area contributed by atoms with Gasteiger partial charge in [0.2, 0.25) is 5.91 Å². The number of carbonyl (C=O) groups is 1. The van der Waals surface area contributed by atoms with Crippen molar-refractivity contribution in [2.24, 2.45) is 0 Å². The zero-order valence-corrected chi connectivity index (χ0v) is 10.4. The van der Waals surface area contributed by atoms with Crippen molar-refractivity contribution in [3.8, 4) is 0 Å². The predicted octanol–water partition coefficient (Wildman–Crippen LogP) is 1.09. The Bertz CT molecular complexity index is 249. The van der Waals surface area contributed by atoms with E-state index in [9.17, 15) is 4.79 Å². The lowest BCUT2D eigenvalue weighted by Gasteiger charge is -2.38. The minimum atomic E-state index is 0.101. The molecule has 0 aromatic rings. The van der Waals surface area contributed by atoms with Gasteiger partial charge in [0.25, 0.3) is 0 Å². The Kier molecular flexibility index (Phi) is 3.26. The van der Waals surface area contributed by atoms with Crippen molar-refractivity contribution in [2.45, 2.75) is 37.5 Å². The molecule has 86 valence electrons. The maximum Gasteiger partial charge on any atom is 0.239 e. The van der Waals surface area contributed by atoms with Crippen LogP contribution >= 0.6 is 11.8 Å². The molecule has 15 heavy (non-hydrogen) atoms. The van der Waals surface area contributed by atoms with Crippen molar-refractivity contribution < 1.29 is 4.79 Å². The van der Waals surface area contributed by atoms with Crippen LogP contribution in [0.2, 0.25) is 0 Å². The van der Waals surface area contributed by atoms with Gasteiger partial charge in [-0.1, -0.05) is 0 Å². The quantitative estimate of drug-likeness (QED) is 0.729. The zero-order chi connectivity index (χ0) is 10.9. The molecule has 2 rings (SSSR count). The van der Waals surface area contributed by atoms with Gasteiger partial charge < -0.3 is 10.2 Å². The van der Waals surface area contributed by atoms with E-state index in [1.165, 1.54) is 0 Å². The Morgan fingerprint density at radius 2 is 2.33 bits per heavy atom. The topological polar surface area (TPSA) is 32.3 Å². The number of thioether (sulfide) groups is 1. The molecule has 2 fully saturated rings. The van der Waals surface area contributed by atoms with Crippen molar-refractivity contribution in [3.63, 3.8) is 0 Å². The summed E-state index contributed by atoms with van der Waals surface area (Å²) >= 11 is 1.97. The van der Waals surface area contributed by atoms with E-state index in [1.807, 2.05) is 16.7 Å². The van der Waals surface area contributed by atoms with Crippen molar-refractivity contribution in [3.05, 3.63) is 0 Å². The highest BCUT2D eigenvalue weighted by molar-refractivity contribution is 8.00. The Morgan fingerprint density at radius 3 is 2.93 bits per heavy atom. The van der Waals surface area contributed by atoms with E-state index in [2.05, 4.69) is 19.2 Å². The minimum Gasteiger partial charge on any atom is -0.339 e. The van der Waals surface area contributed by atoms with E-state index < -0.39 is 0 Å². The molecule has 0 spiro atoms. The Labute approximate surface area is 96.0 Å². The summed E-state index contributed by atoms with van der Waals surface area (Å²) in [7, 11) is 0. The normalized spacial score (nSPS) is 30.5. The Hall–Kier alpha value is -0.220. The van der Waals surface area contributed by atoms with Gasteiger partial charge in [0.05, 0.1) is 6.04 Å². The van der Waals surface area contributed by atoms with Crippen molar-refractivity contribution in [2.75, 3.05) is 25.4 Å². The molecule has 2 aliphatic rings. The summed E-state index contributed by atoms with van der Waals surface area (Å²) in [6, 6.07) is 0.101. The molecule has 2 saturated heterocycles. The van der Waals surface area contributed by atoms with Crippen LogP contribution in [0.4, 0.5) is 0 Å². The van der Waals surface area contributed by atoms with Crippen LogP contribution < -0.4 is 5.32 Å². The fourth-order valence-corrected chi connectivity index (χ4v) is 3.43. The first-order valence-corrected chi connectivity index (χ1v) is 6.73. The fourth-order valence-electron chi connectivity index (χ4n) is 2.32. The smallest absolute Gasteiger partial charge is 0.239 e. The summed E-state index contributed by atoms with van der Waals surface area (Å²) in [6.07, 6.45) is 2.16. The first-order chi connectivity index (χ1) is 7.08. The molecule has 0 bridgehead atoms. The van der Waals surface area contributed by atoms with E-state index in [0.29, 0.717) is 5.91 Å². The molecule has 0 aromatic heterocycles. The first-order valence-electron chi connectivity index (χ1n) is 5.75. The number of rotatable bonds is 1. The molecule has 0 aliphatic carbocycles. The molecule has 0 unspecified atom stereocenters. The molecule has 1 atom stereocenters. The van der Waals surface area contributed by atoms with Crippen molar-refractivity contribution >= 4 is 17.7 Å². The summed E-state index contributed by atoms with van der Waals surface area (Å²) in [4.78, 5) is 14.2. The van der Waals surface area contributed by atoms with E-state index in [-0.39, 0.29) is 10.8 Å². The molecule has 0 aromatic carbocycles. The summed E-state index contributed by atoms with van der Waals surface area (Å²) < 4.78 is 0.229. The highest BCUT2D eigenvalue weighted by Crippen LogP contribution is 2.30. The number of hydrogen-bond donors (Lipinski definition) is 1. The lowest BCUT2D eigenvalue weighted by molar-refractivity contribution is -0.133. The summed E-state index contributed by atoms with van der Waals surface area (Å²) in [5.41, 5.74) is 0. The maximum atomic E-state index is 12.1. The average molecular weight is 228 g/mol.